The summed E-state index contributed by atoms with van der Waals surface area (Å²) in [6, 6.07) is 0. The van der Waals surface area contributed by atoms with E-state index in [4.69, 9.17) is 4.74 Å². The molecule has 0 atom stereocenters. The van der Waals surface area contributed by atoms with E-state index in [1.54, 1.807) is 7.11 Å². The van der Waals surface area contributed by atoms with E-state index in [-0.39, 0.29) is 24.2 Å². The molecule has 1 aliphatic rings. The molecule has 6 heteroatoms. The smallest absolute Gasteiger partial charge is 0.223 e. The molecule has 0 aliphatic carbocycles. The van der Waals surface area contributed by atoms with Gasteiger partial charge in [-0.3, -0.25) is 4.79 Å². The Bertz CT molecular complexity index is 223. The van der Waals surface area contributed by atoms with Crippen molar-refractivity contribution in [3.63, 3.8) is 0 Å². The Balaban J connectivity index is 0.00000289. The Hall–Kier alpha value is -0.360. The van der Waals surface area contributed by atoms with Crippen LogP contribution >= 0.6 is 12.4 Å². The number of likely N-dealkylation sites (N-methyl/N-ethyl adjacent to an activating group) is 1. The summed E-state index contributed by atoms with van der Waals surface area (Å²) in [4.78, 5) is 14.0. The molecule has 1 saturated heterocycles. The van der Waals surface area contributed by atoms with Crippen molar-refractivity contribution >= 4 is 18.3 Å². The highest BCUT2D eigenvalue weighted by molar-refractivity contribution is 5.85. The molecule has 108 valence electrons. The van der Waals surface area contributed by atoms with Crippen molar-refractivity contribution in [3.8, 4) is 0 Å². The lowest BCUT2D eigenvalue weighted by Gasteiger charge is -2.22. The highest BCUT2D eigenvalue weighted by atomic mass is 35.5. The van der Waals surface area contributed by atoms with Gasteiger partial charge in [-0.15, -0.1) is 12.4 Å². The van der Waals surface area contributed by atoms with Gasteiger partial charge in [-0.2, -0.15) is 0 Å². The zero-order valence-electron chi connectivity index (χ0n) is 11.4. The maximum Gasteiger partial charge on any atom is 0.223 e. The van der Waals surface area contributed by atoms with Crippen LogP contribution < -0.4 is 10.6 Å². The van der Waals surface area contributed by atoms with E-state index in [1.807, 2.05) is 7.05 Å². The first-order valence-corrected chi connectivity index (χ1v) is 6.40. The molecule has 2 N–H and O–H groups in total. The van der Waals surface area contributed by atoms with E-state index in [0.717, 1.165) is 52.2 Å². The number of hydrogen-bond acceptors (Lipinski definition) is 4. The summed E-state index contributed by atoms with van der Waals surface area (Å²) in [5.41, 5.74) is 0. The first-order valence-electron chi connectivity index (χ1n) is 6.40. The third kappa shape index (κ3) is 7.16. The largest absolute Gasteiger partial charge is 0.383 e. The quantitative estimate of drug-likeness (QED) is 0.694. The monoisotopic (exact) mass is 279 g/mol. The van der Waals surface area contributed by atoms with Crippen LogP contribution in [0.3, 0.4) is 0 Å². The van der Waals surface area contributed by atoms with Crippen LogP contribution in [-0.2, 0) is 9.53 Å². The second-order valence-corrected chi connectivity index (χ2v) is 4.61. The minimum absolute atomic E-state index is 0. The molecule has 0 aromatic rings. The average Bonchev–Trinajstić information content (AvgIpc) is 2.37. The summed E-state index contributed by atoms with van der Waals surface area (Å²) in [6.45, 7) is 5.17. The van der Waals surface area contributed by atoms with Gasteiger partial charge in [-0.25, -0.2) is 0 Å². The molecular weight excluding hydrogens is 254 g/mol. The Kier molecular flexibility index (Phi) is 10.3. The van der Waals surface area contributed by atoms with E-state index in [1.165, 1.54) is 0 Å². The van der Waals surface area contributed by atoms with Crippen molar-refractivity contribution < 1.29 is 9.53 Å². The lowest BCUT2D eigenvalue weighted by atomic mass is 9.97. The van der Waals surface area contributed by atoms with Gasteiger partial charge >= 0.3 is 0 Å². The Labute approximate surface area is 116 Å². The van der Waals surface area contributed by atoms with Crippen LogP contribution in [0.25, 0.3) is 0 Å². The first-order chi connectivity index (χ1) is 8.24. The highest BCUT2D eigenvalue weighted by Gasteiger charge is 2.20. The van der Waals surface area contributed by atoms with Gasteiger partial charge in [-0.1, -0.05) is 0 Å². The maximum absolute atomic E-state index is 11.8. The molecular formula is C12H26ClN3O2. The van der Waals surface area contributed by atoms with Crippen molar-refractivity contribution in [2.24, 2.45) is 5.92 Å². The predicted molar refractivity (Wildman–Crippen MR) is 75.2 cm³/mol. The van der Waals surface area contributed by atoms with Crippen LogP contribution in [0.15, 0.2) is 0 Å². The fraction of sp³-hybridized carbons (Fsp3) is 0.917. The van der Waals surface area contributed by atoms with Crippen LogP contribution in [0, 0.1) is 5.92 Å². The van der Waals surface area contributed by atoms with Crippen molar-refractivity contribution in [1.82, 2.24) is 15.5 Å². The Morgan fingerprint density at radius 3 is 2.67 bits per heavy atom. The zero-order valence-corrected chi connectivity index (χ0v) is 12.2. The van der Waals surface area contributed by atoms with Gasteiger partial charge in [0.15, 0.2) is 0 Å². The second-order valence-electron chi connectivity index (χ2n) is 4.61. The molecule has 1 amide bonds. The van der Waals surface area contributed by atoms with Crippen LogP contribution in [-0.4, -0.2) is 64.3 Å². The minimum Gasteiger partial charge on any atom is -0.383 e. The molecule has 0 bridgehead atoms. The van der Waals surface area contributed by atoms with Gasteiger partial charge in [0, 0.05) is 32.7 Å². The lowest BCUT2D eigenvalue weighted by Crippen LogP contribution is -2.41. The van der Waals surface area contributed by atoms with E-state index < -0.39 is 0 Å². The number of hydrogen-bond donors (Lipinski definition) is 2. The topological polar surface area (TPSA) is 53.6 Å². The average molecular weight is 280 g/mol. The van der Waals surface area contributed by atoms with Crippen LogP contribution in [0.2, 0.25) is 0 Å². The van der Waals surface area contributed by atoms with Gasteiger partial charge < -0.3 is 20.3 Å². The summed E-state index contributed by atoms with van der Waals surface area (Å²) in [6.07, 6.45) is 1.93. The van der Waals surface area contributed by atoms with Crippen molar-refractivity contribution in [3.05, 3.63) is 0 Å². The fourth-order valence-corrected chi connectivity index (χ4v) is 1.96. The van der Waals surface area contributed by atoms with Crippen molar-refractivity contribution in [1.29, 1.82) is 0 Å². The summed E-state index contributed by atoms with van der Waals surface area (Å²) < 4.78 is 5.00. The number of nitrogens with zero attached hydrogens (tertiary/aromatic N) is 1. The molecule has 5 nitrogen and oxygen atoms in total. The first kappa shape index (κ1) is 17.6. The van der Waals surface area contributed by atoms with E-state index in [9.17, 15) is 4.79 Å². The number of methoxy groups -OCH3 is 1. The number of ether oxygens (including phenoxy) is 1. The van der Waals surface area contributed by atoms with E-state index in [2.05, 4.69) is 15.5 Å². The molecule has 1 heterocycles. The third-order valence-corrected chi connectivity index (χ3v) is 3.18. The number of halogens is 1. The van der Waals surface area contributed by atoms with Crippen LogP contribution in [0.5, 0.6) is 0 Å². The van der Waals surface area contributed by atoms with Gasteiger partial charge in [0.2, 0.25) is 5.91 Å². The van der Waals surface area contributed by atoms with E-state index >= 15 is 0 Å². The molecule has 0 aromatic heterocycles. The number of piperidine rings is 1. The van der Waals surface area contributed by atoms with Gasteiger partial charge in [-0.05, 0) is 33.0 Å². The number of carbonyl (C=O) groups is 1. The van der Waals surface area contributed by atoms with E-state index in [0.29, 0.717) is 0 Å². The summed E-state index contributed by atoms with van der Waals surface area (Å²) >= 11 is 0. The van der Waals surface area contributed by atoms with Gasteiger partial charge in [0.05, 0.1) is 6.61 Å². The molecule has 18 heavy (non-hydrogen) atoms. The maximum atomic E-state index is 11.8. The number of carbonyl (C=O) groups excluding carboxylic acids is 1. The lowest BCUT2D eigenvalue weighted by molar-refractivity contribution is -0.125. The molecule has 0 aromatic carbocycles. The predicted octanol–water partition coefficient (Wildman–Crippen LogP) is 0.102. The van der Waals surface area contributed by atoms with Crippen molar-refractivity contribution in [2.75, 3.05) is 53.5 Å². The summed E-state index contributed by atoms with van der Waals surface area (Å²) in [5, 5.41) is 6.28. The molecule has 0 radical (unpaired) electrons. The van der Waals surface area contributed by atoms with Crippen LogP contribution in [0.1, 0.15) is 12.8 Å². The normalized spacial score (nSPS) is 16.4. The zero-order chi connectivity index (χ0) is 12.5. The fourth-order valence-electron chi connectivity index (χ4n) is 1.96. The third-order valence-electron chi connectivity index (χ3n) is 3.18. The van der Waals surface area contributed by atoms with Crippen LogP contribution in [0.4, 0.5) is 0 Å². The number of amides is 1. The highest BCUT2D eigenvalue weighted by Crippen LogP contribution is 2.10. The molecule has 0 saturated carbocycles. The second kappa shape index (κ2) is 10.6. The SMILES string of the molecule is COCCN(C)CCNC(=O)C1CCNCC1.Cl. The molecule has 0 spiro atoms. The Morgan fingerprint density at radius 1 is 1.39 bits per heavy atom. The molecule has 1 fully saturated rings. The number of rotatable bonds is 7. The standard InChI is InChI=1S/C12H25N3O2.ClH/c1-15(9-10-17-2)8-7-14-12(16)11-3-5-13-6-4-11;/h11,13H,3-10H2,1-2H3,(H,14,16);1H. The summed E-state index contributed by atoms with van der Waals surface area (Å²) in [5.74, 6) is 0.423. The Morgan fingerprint density at radius 2 is 2.06 bits per heavy atom. The summed E-state index contributed by atoms with van der Waals surface area (Å²) in [7, 11) is 3.74. The van der Waals surface area contributed by atoms with Crippen molar-refractivity contribution in [2.45, 2.75) is 12.8 Å². The number of nitrogens with one attached hydrogen (secondary N) is 2. The molecule has 1 rings (SSSR count). The molecule has 1 aliphatic heterocycles. The minimum atomic E-state index is 0. The molecule has 0 unspecified atom stereocenters. The van der Waals surface area contributed by atoms with Gasteiger partial charge in [0.25, 0.3) is 0 Å². The van der Waals surface area contributed by atoms with Gasteiger partial charge in [0.1, 0.15) is 0 Å².